The number of nitrogens with one attached hydrogen (secondary N) is 2. The van der Waals surface area contributed by atoms with E-state index < -0.39 is 17.5 Å². The van der Waals surface area contributed by atoms with Crippen molar-refractivity contribution in [2.75, 3.05) is 17.3 Å². The first-order valence-corrected chi connectivity index (χ1v) is 8.02. The lowest BCUT2D eigenvalue weighted by atomic mass is 10.2. The number of nitrogens with zero attached hydrogens (tertiary/aromatic N) is 4. The minimum atomic E-state index is -0.800. The molecule has 9 heteroatoms. The lowest BCUT2D eigenvalue weighted by molar-refractivity contribution is 0.586. The van der Waals surface area contributed by atoms with Crippen LogP contribution in [-0.2, 0) is 0 Å². The van der Waals surface area contributed by atoms with Crippen molar-refractivity contribution in [3.05, 3.63) is 70.4 Å². The summed E-state index contributed by atoms with van der Waals surface area (Å²) >= 11 is 0. The minimum Gasteiger partial charge on any atom is -0.335 e. The number of aryl methyl sites for hydroxylation is 1. The molecular weight excluding hydrogens is 357 g/mol. The summed E-state index contributed by atoms with van der Waals surface area (Å²) in [5.74, 6) is -1.72. The van der Waals surface area contributed by atoms with Gasteiger partial charge in [0.2, 0.25) is 0 Å². The summed E-state index contributed by atoms with van der Waals surface area (Å²) in [5, 5.41) is 5.59. The second kappa shape index (κ2) is 6.67. The van der Waals surface area contributed by atoms with Gasteiger partial charge in [-0.1, -0.05) is 6.07 Å². The molecule has 0 aliphatic carbocycles. The first-order valence-electron chi connectivity index (χ1n) is 8.02. The topological polar surface area (TPSA) is 74.6 Å². The van der Waals surface area contributed by atoms with Crippen LogP contribution in [0.15, 0.2) is 46.4 Å². The normalized spacial score (nSPS) is 12.1. The number of fused-ring (bicyclic) bond motifs is 1. The quantitative estimate of drug-likeness (QED) is 0.741. The van der Waals surface area contributed by atoms with Crippen LogP contribution in [0.4, 0.5) is 36.2 Å². The molecule has 1 aromatic heterocycles. The van der Waals surface area contributed by atoms with Crippen molar-refractivity contribution < 1.29 is 13.2 Å². The third-order valence-corrected chi connectivity index (χ3v) is 3.86. The second-order valence-electron chi connectivity index (χ2n) is 5.88. The molecule has 0 unspecified atom stereocenters. The molecule has 0 saturated heterocycles. The second-order valence-corrected chi connectivity index (χ2v) is 5.88. The van der Waals surface area contributed by atoms with Crippen molar-refractivity contribution in [2.24, 2.45) is 9.98 Å². The monoisotopic (exact) mass is 370 g/mol. The number of halogens is 3. The van der Waals surface area contributed by atoms with E-state index in [-0.39, 0.29) is 35.2 Å². The highest BCUT2D eigenvalue weighted by Gasteiger charge is 2.15. The van der Waals surface area contributed by atoms with Crippen LogP contribution in [-0.4, -0.2) is 16.6 Å². The maximum atomic E-state index is 14.2. The van der Waals surface area contributed by atoms with Crippen molar-refractivity contribution in [1.29, 1.82) is 0 Å². The van der Waals surface area contributed by atoms with Gasteiger partial charge in [-0.05, 0) is 36.8 Å². The molecule has 1 aliphatic heterocycles. The third-order valence-electron chi connectivity index (χ3n) is 3.86. The average molecular weight is 370 g/mol. The van der Waals surface area contributed by atoms with Gasteiger partial charge < -0.3 is 10.6 Å². The van der Waals surface area contributed by atoms with Crippen molar-refractivity contribution in [2.45, 2.75) is 6.92 Å². The Morgan fingerprint density at radius 3 is 1.89 bits per heavy atom. The highest BCUT2D eigenvalue weighted by molar-refractivity contribution is 5.72. The highest BCUT2D eigenvalue weighted by Crippen LogP contribution is 2.26. The van der Waals surface area contributed by atoms with Crippen molar-refractivity contribution >= 4 is 23.0 Å². The molecule has 6 nitrogen and oxygen atoms in total. The summed E-state index contributed by atoms with van der Waals surface area (Å²) in [6.45, 7) is 1.95. The van der Waals surface area contributed by atoms with E-state index in [4.69, 9.17) is 0 Å². The van der Waals surface area contributed by atoms with Gasteiger partial charge in [-0.2, -0.15) is 0 Å². The average Bonchev–Trinajstić information content (AvgIpc) is 3.07. The Hall–Kier alpha value is -3.49. The van der Waals surface area contributed by atoms with E-state index in [1.807, 2.05) is 0 Å². The molecule has 0 bridgehead atoms. The maximum Gasteiger partial charge on any atom is 0.196 e. The van der Waals surface area contributed by atoms with Crippen LogP contribution in [0.2, 0.25) is 0 Å². The van der Waals surface area contributed by atoms with Crippen LogP contribution in [0.5, 0.6) is 0 Å². The fourth-order valence-electron chi connectivity index (χ4n) is 2.54. The van der Waals surface area contributed by atoms with Crippen LogP contribution in [0.3, 0.4) is 0 Å². The largest absolute Gasteiger partial charge is 0.335 e. The molecule has 0 fully saturated rings. The Bertz CT molecular complexity index is 1070. The zero-order valence-electron chi connectivity index (χ0n) is 14.1. The van der Waals surface area contributed by atoms with Gasteiger partial charge in [0, 0.05) is 6.07 Å². The fraction of sp³-hybridized carbons (Fsp3) is 0.111. The molecule has 0 amide bonds. The predicted molar refractivity (Wildman–Crippen MR) is 93.3 cm³/mol. The van der Waals surface area contributed by atoms with E-state index in [2.05, 4.69) is 30.6 Å². The van der Waals surface area contributed by atoms with Crippen LogP contribution in [0, 0.1) is 24.4 Å². The van der Waals surface area contributed by atoms with E-state index in [9.17, 15) is 13.2 Å². The molecule has 0 spiro atoms. The maximum absolute atomic E-state index is 14.2. The van der Waals surface area contributed by atoms with Gasteiger partial charge in [0.05, 0.1) is 11.4 Å². The molecule has 2 aromatic carbocycles. The smallest absolute Gasteiger partial charge is 0.196 e. The zero-order chi connectivity index (χ0) is 19.0. The molecule has 1 aliphatic rings. The van der Waals surface area contributed by atoms with E-state index in [1.165, 1.54) is 12.1 Å². The molecule has 0 atom stereocenters. The van der Waals surface area contributed by atoms with Crippen LogP contribution in [0.1, 0.15) is 5.56 Å². The number of aromatic nitrogens is 2. The van der Waals surface area contributed by atoms with E-state index in [0.717, 1.165) is 17.7 Å². The summed E-state index contributed by atoms with van der Waals surface area (Å²) in [6, 6.07) is 7.75. The molecule has 0 radical (unpaired) electrons. The van der Waals surface area contributed by atoms with Crippen molar-refractivity contribution in [1.82, 2.24) is 9.97 Å². The van der Waals surface area contributed by atoms with Gasteiger partial charge in [0.25, 0.3) is 0 Å². The molecule has 3 aromatic rings. The molecule has 136 valence electrons. The highest BCUT2D eigenvalue weighted by atomic mass is 19.1. The Kier molecular flexibility index (Phi) is 4.19. The Labute approximate surface area is 151 Å². The number of hydrogen-bond acceptors (Lipinski definition) is 6. The van der Waals surface area contributed by atoms with Crippen LogP contribution < -0.4 is 21.6 Å². The minimum absolute atomic E-state index is 0.00647. The summed E-state index contributed by atoms with van der Waals surface area (Å²) in [7, 11) is 0. The molecule has 2 N–H and O–H groups in total. The standard InChI is InChI=1S/C18H13F3N6/c1-9-2-4-13(11(20)6-9)24-17-18(27-16-15(26-17)22-8-23-16)25-14-5-3-10(19)7-12(14)21/h2-7H,8H2,1H3,(H,22,24,26)(H,23,25,27). The third kappa shape index (κ3) is 3.43. The van der Waals surface area contributed by atoms with Gasteiger partial charge in [-0.25, -0.2) is 33.1 Å². The lowest BCUT2D eigenvalue weighted by Crippen LogP contribution is -2.31. The molecular formula is C18H13F3N6. The Morgan fingerprint density at radius 1 is 0.778 bits per heavy atom. The zero-order valence-corrected chi connectivity index (χ0v) is 14.1. The van der Waals surface area contributed by atoms with Crippen molar-refractivity contribution in [3.63, 3.8) is 0 Å². The van der Waals surface area contributed by atoms with Gasteiger partial charge in [-0.15, -0.1) is 0 Å². The summed E-state index contributed by atoms with van der Waals surface area (Å²) in [4.78, 5) is 16.7. The molecule has 4 rings (SSSR count). The van der Waals surface area contributed by atoms with Gasteiger partial charge in [-0.3, -0.25) is 0 Å². The SMILES string of the molecule is Cc1ccc(Nc2nc3c(nc2Nc2ccc(F)cc2F)=NCN=3)c(F)c1. The summed E-state index contributed by atoms with van der Waals surface area (Å²) in [6.07, 6.45) is 0. The fourth-order valence-corrected chi connectivity index (χ4v) is 2.54. The molecule has 2 heterocycles. The Morgan fingerprint density at radius 2 is 1.33 bits per heavy atom. The summed E-state index contributed by atoms with van der Waals surface area (Å²) in [5.41, 5.74) is 1.52. The lowest BCUT2D eigenvalue weighted by Gasteiger charge is -2.13. The number of rotatable bonds is 4. The first kappa shape index (κ1) is 17.0. The molecule has 27 heavy (non-hydrogen) atoms. The van der Waals surface area contributed by atoms with E-state index in [1.54, 1.807) is 19.1 Å². The number of hydrogen-bond donors (Lipinski definition) is 2. The molecule has 0 saturated carbocycles. The van der Waals surface area contributed by atoms with Crippen LogP contribution in [0.25, 0.3) is 0 Å². The van der Waals surface area contributed by atoms with Crippen LogP contribution >= 0.6 is 0 Å². The number of anilines is 4. The van der Waals surface area contributed by atoms with Crippen molar-refractivity contribution in [3.8, 4) is 0 Å². The van der Waals surface area contributed by atoms with E-state index >= 15 is 0 Å². The van der Waals surface area contributed by atoms with Gasteiger partial charge in [0.15, 0.2) is 22.6 Å². The van der Waals surface area contributed by atoms with E-state index in [0.29, 0.717) is 5.49 Å². The Balaban J connectivity index is 1.77. The first-order chi connectivity index (χ1) is 13.0. The number of benzene rings is 2. The summed E-state index contributed by atoms with van der Waals surface area (Å²) < 4.78 is 41.3. The predicted octanol–water partition coefficient (Wildman–Crippen LogP) is 2.90. The van der Waals surface area contributed by atoms with Gasteiger partial charge >= 0.3 is 0 Å². The van der Waals surface area contributed by atoms with Gasteiger partial charge in [0.1, 0.15) is 24.1 Å².